The van der Waals surface area contributed by atoms with Crippen LogP contribution in [0.1, 0.15) is 16.7 Å². The monoisotopic (exact) mass is 347 g/mol. The first-order chi connectivity index (χ1) is 12.7. The van der Waals surface area contributed by atoms with Gasteiger partial charge in [0.1, 0.15) is 19.0 Å². The topological polar surface area (TPSA) is 47.6 Å². The average Bonchev–Trinajstić information content (AvgIpc) is 2.68. The summed E-state index contributed by atoms with van der Waals surface area (Å²) in [4.78, 5) is 12.1. The summed E-state index contributed by atoms with van der Waals surface area (Å²) in [6.07, 6.45) is -0.489. The maximum Gasteiger partial charge on any atom is 0.411 e. The highest BCUT2D eigenvalue weighted by atomic mass is 16.5. The van der Waals surface area contributed by atoms with Crippen LogP contribution >= 0.6 is 0 Å². The molecule has 0 aliphatic carbocycles. The van der Waals surface area contributed by atoms with Gasteiger partial charge in [0, 0.05) is 6.07 Å². The number of aryl methyl sites for hydroxylation is 1. The van der Waals surface area contributed by atoms with Gasteiger partial charge in [0.15, 0.2) is 0 Å². The maximum absolute atomic E-state index is 12.1. The van der Waals surface area contributed by atoms with Crippen molar-refractivity contribution in [2.45, 2.75) is 20.1 Å². The molecule has 0 spiro atoms. The van der Waals surface area contributed by atoms with Crippen LogP contribution in [0, 0.1) is 6.92 Å². The number of ether oxygens (including phenoxy) is 2. The van der Waals surface area contributed by atoms with Crippen LogP contribution in [0.25, 0.3) is 0 Å². The zero-order valence-corrected chi connectivity index (χ0v) is 14.6. The Bertz CT molecular complexity index is 848. The minimum atomic E-state index is -0.489. The van der Waals surface area contributed by atoms with E-state index in [1.165, 1.54) is 0 Å². The summed E-state index contributed by atoms with van der Waals surface area (Å²) in [5.74, 6) is 0.692. The summed E-state index contributed by atoms with van der Waals surface area (Å²) < 4.78 is 11.1. The maximum atomic E-state index is 12.1. The fourth-order valence-corrected chi connectivity index (χ4v) is 2.44. The van der Waals surface area contributed by atoms with Gasteiger partial charge in [-0.25, -0.2) is 4.79 Å². The van der Waals surface area contributed by atoms with Gasteiger partial charge in [-0.15, -0.1) is 0 Å². The predicted octanol–water partition coefficient (Wildman–Crippen LogP) is 5.32. The number of rotatable bonds is 6. The molecule has 3 rings (SSSR count). The molecule has 0 saturated heterocycles. The molecule has 0 unspecified atom stereocenters. The number of hydrogen-bond donors (Lipinski definition) is 1. The minimum absolute atomic E-state index is 0.232. The van der Waals surface area contributed by atoms with Crippen LogP contribution in [-0.4, -0.2) is 6.09 Å². The van der Waals surface area contributed by atoms with E-state index in [1.54, 1.807) is 0 Å². The van der Waals surface area contributed by atoms with Crippen molar-refractivity contribution >= 4 is 11.8 Å². The summed E-state index contributed by atoms with van der Waals surface area (Å²) in [6.45, 7) is 2.63. The van der Waals surface area contributed by atoms with Crippen molar-refractivity contribution < 1.29 is 14.3 Å². The molecule has 1 amide bonds. The lowest BCUT2D eigenvalue weighted by Gasteiger charge is -2.12. The summed E-state index contributed by atoms with van der Waals surface area (Å²) in [5, 5.41) is 2.78. The van der Waals surface area contributed by atoms with Gasteiger partial charge in [-0.2, -0.15) is 0 Å². The van der Waals surface area contributed by atoms with Gasteiger partial charge in [0.25, 0.3) is 0 Å². The highest BCUT2D eigenvalue weighted by Crippen LogP contribution is 2.23. The van der Waals surface area contributed by atoms with Crippen LogP contribution in [-0.2, 0) is 18.0 Å². The third-order valence-corrected chi connectivity index (χ3v) is 3.91. The lowest BCUT2D eigenvalue weighted by atomic mass is 10.2. The molecule has 3 aromatic rings. The first kappa shape index (κ1) is 17.5. The Balaban J connectivity index is 1.57. The number of benzene rings is 3. The molecule has 0 atom stereocenters. The molecule has 0 aliphatic heterocycles. The molecule has 132 valence electrons. The van der Waals surface area contributed by atoms with Gasteiger partial charge in [-0.3, -0.25) is 5.32 Å². The molecule has 4 heteroatoms. The second-order valence-corrected chi connectivity index (χ2v) is 5.94. The Hall–Kier alpha value is -3.27. The quantitative estimate of drug-likeness (QED) is 0.656. The lowest BCUT2D eigenvalue weighted by molar-refractivity contribution is 0.155. The smallest absolute Gasteiger partial charge is 0.411 e. The van der Waals surface area contributed by atoms with E-state index in [0.29, 0.717) is 18.0 Å². The number of amides is 1. The van der Waals surface area contributed by atoms with E-state index in [9.17, 15) is 4.79 Å². The number of carbonyl (C=O) groups is 1. The normalized spacial score (nSPS) is 10.2. The second kappa shape index (κ2) is 8.72. The summed E-state index contributed by atoms with van der Waals surface area (Å²) in [7, 11) is 0. The summed E-state index contributed by atoms with van der Waals surface area (Å²) in [6, 6.07) is 25.1. The predicted molar refractivity (Wildman–Crippen MR) is 102 cm³/mol. The van der Waals surface area contributed by atoms with Crippen LogP contribution in [0.15, 0.2) is 78.9 Å². The van der Waals surface area contributed by atoms with E-state index in [1.807, 2.05) is 85.8 Å². The zero-order chi connectivity index (χ0) is 18.2. The molecule has 1 N–H and O–H groups in total. The molecule has 0 aliphatic rings. The van der Waals surface area contributed by atoms with Gasteiger partial charge in [0.2, 0.25) is 0 Å². The van der Waals surface area contributed by atoms with E-state index >= 15 is 0 Å². The zero-order valence-electron chi connectivity index (χ0n) is 14.6. The Kier molecular flexibility index (Phi) is 5.88. The third-order valence-electron chi connectivity index (χ3n) is 3.91. The fraction of sp³-hybridized carbons (Fsp3) is 0.136. The first-order valence-electron chi connectivity index (χ1n) is 8.46. The third kappa shape index (κ3) is 5.11. The van der Waals surface area contributed by atoms with Crippen molar-refractivity contribution in [1.29, 1.82) is 0 Å². The van der Waals surface area contributed by atoms with Crippen molar-refractivity contribution in [3.8, 4) is 5.75 Å². The fourth-order valence-electron chi connectivity index (χ4n) is 2.44. The SMILES string of the molecule is Cc1ccc(OCc2ccccc2)cc1NC(=O)OCc1ccccc1. The van der Waals surface area contributed by atoms with Gasteiger partial charge < -0.3 is 9.47 Å². The van der Waals surface area contributed by atoms with E-state index in [4.69, 9.17) is 9.47 Å². The summed E-state index contributed by atoms with van der Waals surface area (Å²) in [5.41, 5.74) is 3.64. The molecular weight excluding hydrogens is 326 g/mol. The van der Waals surface area contributed by atoms with Crippen LogP contribution in [0.3, 0.4) is 0 Å². The average molecular weight is 347 g/mol. The number of hydrogen-bond acceptors (Lipinski definition) is 3. The minimum Gasteiger partial charge on any atom is -0.489 e. The number of carbonyl (C=O) groups excluding carboxylic acids is 1. The van der Waals surface area contributed by atoms with Crippen molar-refractivity contribution in [1.82, 2.24) is 0 Å². The van der Waals surface area contributed by atoms with Gasteiger partial charge in [-0.05, 0) is 29.7 Å². The summed E-state index contributed by atoms with van der Waals surface area (Å²) >= 11 is 0. The molecule has 3 aromatic carbocycles. The van der Waals surface area contributed by atoms with E-state index in [2.05, 4.69) is 5.32 Å². The Morgan fingerprint density at radius 3 is 2.12 bits per heavy atom. The highest BCUT2D eigenvalue weighted by Gasteiger charge is 2.08. The first-order valence-corrected chi connectivity index (χ1v) is 8.46. The number of nitrogens with one attached hydrogen (secondary N) is 1. The van der Waals surface area contributed by atoms with Crippen molar-refractivity contribution in [2.75, 3.05) is 5.32 Å². The van der Waals surface area contributed by atoms with Gasteiger partial charge >= 0.3 is 6.09 Å². The van der Waals surface area contributed by atoms with Crippen molar-refractivity contribution in [3.63, 3.8) is 0 Å². The van der Waals surface area contributed by atoms with E-state index in [0.717, 1.165) is 16.7 Å². The van der Waals surface area contributed by atoms with E-state index in [-0.39, 0.29) is 6.61 Å². The van der Waals surface area contributed by atoms with Gasteiger partial charge in [-0.1, -0.05) is 66.7 Å². The van der Waals surface area contributed by atoms with Crippen LogP contribution in [0.4, 0.5) is 10.5 Å². The van der Waals surface area contributed by atoms with Crippen molar-refractivity contribution in [2.24, 2.45) is 0 Å². The largest absolute Gasteiger partial charge is 0.489 e. The molecule has 0 bridgehead atoms. The van der Waals surface area contributed by atoms with Gasteiger partial charge in [0.05, 0.1) is 5.69 Å². The molecule has 0 aromatic heterocycles. The van der Waals surface area contributed by atoms with Crippen LogP contribution < -0.4 is 10.1 Å². The standard InChI is InChI=1S/C22H21NO3/c1-17-12-13-20(25-15-18-8-4-2-5-9-18)14-21(17)23-22(24)26-16-19-10-6-3-7-11-19/h2-14H,15-16H2,1H3,(H,23,24). The Morgan fingerprint density at radius 2 is 1.46 bits per heavy atom. The molecule has 0 radical (unpaired) electrons. The molecule has 26 heavy (non-hydrogen) atoms. The van der Waals surface area contributed by atoms with E-state index < -0.39 is 6.09 Å². The van der Waals surface area contributed by atoms with Crippen molar-refractivity contribution in [3.05, 3.63) is 95.6 Å². The molecule has 0 fully saturated rings. The second-order valence-electron chi connectivity index (χ2n) is 5.94. The Labute approximate surface area is 153 Å². The van der Waals surface area contributed by atoms with Crippen LogP contribution in [0.5, 0.6) is 5.75 Å². The highest BCUT2D eigenvalue weighted by molar-refractivity contribution is 5.86. The van der Waals surface area contributed by atoms with Crippen LogP contribution in [0.2, 0.25) is 0 Å². The molecule has 0 saturated carbocycles. The molecule has 4 nitrogen and oxygen atoms in total. The number of anilines is 1. The Morgan fingerprint density at radius 1 is 0.846 bits per heavy atom. The lowest BCUT2D eigenvalue weighted by Crippen LogP contribution is -2.14. The molecule has 0 heterocycles. The molecular formula is C22H21NO3.